The smallest absolute Gasteiger partial charge is 0.331 e. The summed E-state index contributed by atoms with van der Waals surface area (Å²) in [6.07, 6.45) is 5.85. The Bertz CT molecular complexity index is 841. The molecule has 0 aliphatic carbocycles. The number of unbranched alkanes of at least 4 members (excludes halogenated alkanes) is 1. The normalized spacial score (nSPS) is 16.6. The van der Waals surface area contributed by atoms with Crippen LogP contribution in [0, 0.1) is 5.92 Å². The first-order chi connectivity index (χ1) is 13.6. The number of hydrogen-bond acceptors (Lipinski definition) is 4. The van der Waals surface area contributed by atoms with Gasteiger partial charge in [0.05, 0.1) is 22.5 Å². The molecule has 6 heteroatoms. The Kier molecular flexibility index (Phi) is 7.45. The summed E-state index contributed by atoms with van der Waals surface area (Å²) in [7, 11) is 0. The van der Waals surface area contributed by atoms with Crippen molar-refractivity contribution in [1.82, 2.24) is 0 Å². The lowest BCUT2D eigenvalue weighted by Gasteiger charge is -2.28. The summed E-state index contributed by atoms with van der Waals surface area (Å²) in [4.78, 5) is 14.2. The summed E-state index contributed by atoms with van der Waals surface area (Å²) in [6, 6.07) is 14.5. The molecule has 3 rings (SSSR count). The first-order valence-electron chi connectivity index (χ1n) is 9.43. The van der Waals surface area contributed by atoms with E-state index >= 15 is 0 Å². The van der Waals surface area contributed by atoms with Gasteiger partial charge in [0, 0.05) is 22.9 Å². The third kappa shape index (κ3) is 5.32. The molecule has 4 nitrogen and oxygen atoms in total. The molecule has 1 aliphatic heterocycles. The number of nitrogens with zero attached hydrogens (tertiary/aromatic N) is 1. The van der Waals surface area contributed by atoms with Crippen molar-refractivity contribution in [1.29, 1.82) is 0 Å². The molecule has 0 fully saturated rings. The minimum Gasteiger partial charge on any atom is -0.478 e. The second kappa shape index (κ2) is 10.0. The fraction of sp³-hybridized carbons (Fsp3) is 0.318. The van der Waals surface area contributed by atoms with Gasteiger partial charge in [-0.2, -0.15) is 0 Å². The number of carboxylic acids is 1. The molecule has 1 atom stereocenters. The molecule has 2 aromatic carbocycles. The van der Waals surface area contributed by atoms with Gasteiger partial charge in [-0.3, -0.25) is 0 Å². The molecule has 1 heterocycles. The molecule has 0 saturated carbocycles. The van der Waals surface area contributed by atoms with E-state index in [2.05, 4.69) is 58.1 Å². The molecule has 0 bridgehead atoms. The fourth-order valence-electron chi connectivity index (χ4n) is 3.24. The second-order valence-electron chi connectivity index (χ2n) is 6.77. The molecule has 0 unspecified atom stereocenters. The summed E-state index contributed by atoms with van der Waals surface area (Å²) >= 11 is 5.43. The van der Waals surface area contributed by atoms with Gasteiger partial charge >= 0.3 is 5.97 Å². The highest BCUT2D eigenvalue weighted by Gasteiger charge is 2.25. The summed E-state index contributed by atoms with van der Waals surface area (Å²) < 4.78 is 6.35. The molecular formula is C22H24BrNO3S. The van der Waals surface area contributed by atoms with Gasteiger partial charge in [-0.15, -0.1) is 11.8 Å². The molecule has 148 valence electrons. The van der Waals surface area contributed by atoms with Crippen molar-refractivity contribution in [2.75, 3.05) is 17.2 Å². The Morgan fingerprint density at radius 3 is 2.86 bits per heavy atom. The summed E-state index contributed by atoms with van der Waals surface area (Å²) in [5.41, 5.74) is 2.33. The number of carbonyl (C=O) groups is 1. The number of benzene rings is 2. The molecular weight excluding hydrogens is 438 g/mol. The molecule has 28 heavy (non-hydrogen) atoms. The average molecular weight is 462 g/mol. The number of carboxylic acid groups (broad SMARTS) is 1. The van der Waals surface area contributed by atoms with Crippen molar-refractivity contribution >= 4 is 45.0 Å². The van der Waals surface area contributed by atoms with Crippen LogP contribution in [0.2, 0.25) is 0 Å². The molecule has 2 aromatic rings. The third-order valence-electron chi connectivity index (χ3n) is 4.66. The Morgan fingerprint density at radius 2 is 2.14 bits per heavy atom. The van der Waals surface area contributed by atoms with Crippen LogP contribution in [0.3, 0.4) is 0 Å². The van der Waals surface area contributed by atoms with Gasteiger partial charge in [-0.25, -0.2) is 4.79 Å². The second-order valence-corrected chi connectivity index (χ2v) is 8.69. The Morgan fingerprint density at radius 1 is 1.36 bits per heavy atom. The molecule has 1 N–H and O–H groups in total. The van der Waals surface area contributed by atoms with Crippen LogP contribution in [0.25, 0.3) is 0 Å². The first kappa shape index (κ1) is 20.8. The van der Waals surface area contributed by atoms with E-state index in [-0.39, 0.29) is 0 Å². The van der Waals surface area contributed by atoms with Crippen molar-refractivity contribution in [2.24, 2.45) is 5.92 Å². The number of rotatable bonds is 7. The van der Waals surface area contributed by atoms with Crippen LogP contribution in [-0.4, -0.2) is 23.4 Å². The Labute approximate surface area is 178 Å². The summed E-state index contributed by atoms with van der Waals surface area (Å²) in [6.45, 7) is 3.22. The van der Waals surface area contributed by atoms with Crippen molar-refractivity contribution in [2.45, 2.75) is 31.1 Å². The molecule has 0 aromatic heterocycles. The maximum atomic E-state index is 10.7. The van der Waals surface area contributed by atoms with Crippen molar-refractivity contribution in [3.63, 3.8) is 0 Å². The minimum atomic E-state index is -1.03. The third-order valence-corrected chi connectivity index (χ3v) is 6.55. The van der Waals surface area contributed by atoms with E-state index in [9.17, 15) is 4.79 Å². The zero-order valence-corrected chi connectivity index (χ0v) is 18.2. The molecule has 0 spiro atoms. The lowest BCUT2D eigenvalue weighted by atomic mass is 10.0. The number of hydrogen-bond donors (Lipinski definition) is 1. The molecule has 0 amide bonds. The van der Waals surface area contributed by atoms with E-state index in [1.807, 2.05) is 23.9 Å². The topological polar surface area (TPSA) is 49.8 Å². The lowest BCUT2D eigenvalue weighted by Crippen LogP contribution is -2.25. The maximum absolute atomic E-state index is 10.7. The van der Waals surface area contributed by atoms with Crippen LogP contribution in [0.15, 0.2) is 64.2 Å². The highest BCUT2D eigenvalue weighted by atomic mass is 79.9. The van der Waals surface area contributed by atoms with E-state index < -0.39 is 5.97 Å². The number of thioether (sulfide) groups is 1. The predicted molar refractivity (Wildman–Crippen MR) is 119 cm³/mol. The van der Waals surface area contributed by atoms with Gasteiger partial charge in [-0.05, 0) is 52.5 Å². The standard InChI is InChI=1S/C22H24BrNO3S/c1-2-3-7-16-14-24(17-8-5-4-6-9-17)19-12-18(23)20(13-21(19)28-15-16)27-11-10-22(25)26/h4-6,8-13,16H,2-3,7,14-15H2,1H3,(H,25,26)/b11-10+/t16-/m0/s1. The van der Waals surface area contributed by atoms with Gasteiger partial charge in [-0.1, -0.05) is 38.0 Å². The van der Waals surface area contributed by atoms with Gasteiger partial charge < -0.3 is 14.7 Å². The van der Waals surface area contributed by atoms with Crippen molar-refractivity contribution in [3.8, 4) is 5.75 Å². The Hall–Kier alpha value is -1.92. The Balaban J connectivity index is 1.95. The van der Waals surface area contributed by atoms with Gasteiger partial charge in [0.15, 0.2) is 0 Å². The number of anilines is 2. The van der Waals surface area contributed by atoms with Crippen LogP contribution < -0.4 is 9.64 Å². The van der Waals surface area contributed by atoms with Gasteiger partial charge in [0.25, 0.3) is 0 Å². The van der Waals surface area contributed by atoms with E-state index in [1.54, 1.807) is 0 Å². The molecule has 0 radical (unpaired) electrons. The van der Waals surface area contributed by atoms with E-state index in [0.717, 1.165) is 33.4 Å². The van der Waals surface area contributed by atoms with Gasteiger partial charge in [0.1, 0.15) is 5.75 Å². The average Bonchev–Trinajstić information content (AvgIpc) is 2.86. The minimum absolute atomic E-state index is 0.604. The number of fused-ring (bicyclic) bond motifs is 1. The van der Waals surface area contributed by atoms with E-state index in [1.165, 1.54) is 31.2 Å². The van der Waals surface area contributed by atoms with Crippen LogP contribution in [0.1, 0.15) is 26.2 Å². The summed E-state index contributed by atoms with van der Waals surface area (Å²) in [5, 5.41) is 8.76. The molecule has 0 saturated heterocycles. The van der Waals surface area contributed by atoms with Crippen LogP contribution in [0.5, 0.6) is 5.75 Å². The fourth-order valence-corrected chi connectivity index (χ4v) is 4.86. The number of para-hydroxylation sites is 1. The van der Waals surface area contributed by atoms with E-state index in [0.29, 0.717) is 11.7 Å². The zero-order chi connectivity index (χ0) is 19.9. The van der Waals surface area contributed by atoms with Crippen molar-refractivity contribution in [3.05, 3.63) is 59.3 Å². The van der Waals surface area contributed by atoms with Crippen LogP contribution in [-0.2, 0) is 4.79 Å². The predicted octanol–water partition coefficient (Wildman–Crippen LogP) is 6.48. The maximum Gasteiger partial charge on any atom is 0.331 e. The van der Waals surface area contributed by atoms with Crippen molar-refractivity contribution < 1.29 is 14.6 Å². The number of aliphatic carboxylic acids is 1. The van der Waals surface area contributed by atoms with Gasteiger partial charge in [0.2, 0.25) is 0 Å². The van der Waals surface area contributed by atoms with Crippen LogP contribution >= 0.6 is 27.7 Å². The highest BCUT2D eigenvalue weighted by Crippen LogP contribution is 2.44. The zero-order valence-electron chi connectivity index (χ0n) is 15.8. The van der Waals surface area contributed by atoms with Crippen LogP contribution in [0.4, 0.5) is 11.4 Å². The lowest BCUT2D eigenvalue weighted by molar-refractivity contribution is -0.131. The SMILES string of the molecule is CCCC[C@@H]1CSc2cc(O/C=C/C(=O)O)c(Br)cc2N(c2ccccc2)C1. The summed E-state index contributed by atoms with van der Waals surface area (Å²) in [5.74, 6) is 1.24. The number of ether oxygens (including phenoxy) is 1. The number of halogens is 1. The first-order valence-corrected chi connectivity index (χ1v) is 11.2. The largest absolute Gasteiger partial charge is 0.478 e. The molecule has 1 aliphatic rings. The monoisotopic (exact) mass is 461 g/mol. The quantitative estimate of drug-likeness (QED) is 0.377. The highest BCUT2D eigenvalue weighted by molar-refractivity contribution is 9.10. The van der Waals surface area contributed by atoms with E-state index in [4.69, 9.17) is 9.84 Å².